The molecule has 0 atom stereocenters. The van der Waals surface area contributed by atoms with E-state index in [1.165, 1.54) is 0 Å². The number of amides is 1. The molecule has 6 nitrogen and oxygen atoms in total. The molecule has 2 rings (SSSR count). The van der Waals surface area contributed by atoms with Gasteiger partial charge >= 0.3 is 6.01 Å². The van der Waals surface area contributed by atoms with Gasteiger partial charge in [-0.1, -0.05) is 19.0 Å². The zero-order valence-corrected chi connectivity index (χ0v) is 13.7. The van der Waals surface area contributed by atoms with Gasteiger partial charge in [0, 0.05) is 38.0 Å². The Morgan fingerprint density at radius 3 is 2.38 bits per heavy atom. The second-order valence-electron chi connectivity index (χ2n) is 6.39. The SMILES string of the molecule is CC(C)c1noc(N2CCC(C(=O)N(C)C(C)C)CC2)n1. The van der Waals surface area contributed by atoms with Gasteiger partial charge in [0.05, 0.1) is 0 Å². The summed E-state index contributed by atoms with van der Waals surface area (Å²) >= 11 is 0. The Labute approximate surface area is 126 Å². The lowest BCUT2D eigenvalue weighted by Crippen LogP contribution is -2.43. The number of hydrogen-bond acceptors (Lipinski definition) is 5. The highest BCUT2D eigenvalue weighted by atomic mass is 16.5. The molecule has 0 aliphatic carbocycles. The van der Waals surface area contributed by atoms with Gasteiger partial charge in [-0.3, -0.25) is 4.79 Å². The van der Waals surface area contributed by atoms with Gasteiger partial charge in [-0.15, -0.1) is 0 Å². The highest BCUT2D eigenvalue weighted by Gasteiger charge is 2.29. The van der Waals surface area contributed by atoms with Crippen molar-refractivity contribution in [2.45, 2.75) is 52.5 Å². The minimum atomic E-state index is 0.112. The number of carbonyl (C=O) groups excluding carboxylic acids is 1. The van der Waals surface area contributed by atoms with Gasteiger partial charge in [-0.05, 0) is 26.7 Å². The Kier molecular flexibility index (Phi) is 4.85. The van der Waals surface area contributed by atoms with Gasteiger partial charge in [-0.2, -0.15) is 4.98 Å². The number of hydrogen-bond donors (Lipinski definition) is 0. The Bertz CT molecular complexity index is 476. The van der Waals surface area contributed by atoms with E-state index in [1.807, 2.05) is 39.6 Å². The van der Waals surface area contributed by atoms with Crippen LogP contribution in [0.15, 0.2) is 4.52 Å². The third-order valence-corrected chi connectivity index (χ3v) is 4.18. The summed E-state index contributed by atoms with van der Waals surface area (Å²) in [7, 11) is 1.88. The molecule has 0 unspecified atom stereocenters. The molecule has 6 heteroatoms. The van der Waals surface area contributed by atoms with Crippen molar-refractivity contribution in [3.8, 4) is 0 Å². The molecule has 0 radical (unpaired) electrons. The summed E-state index contributed by atoms with van der Waals surface area (Å²) in [5.74, 6) is 1.36. The number of carbonyl (C=O) groups is 1. The van der Waals surface area contributed by atoms with E-state index < -0.39 is 0 Å². The van der Waals surface area contributed by atoms with Crippen molar-refractivity contribution >= 4 is 11.9 Å². The fourth-order valence-corrected chi connectivity index (χ4v) is 2.45. The summed E-state index contributed by atoms with van der Waals surface area (Å²) in [6.45, 7) is 9.75. The van der Waals surface area contributed by atoms with Crippen molar-refractivity contribution in [3.63, 3.8) is 0 Å². The van der Waals surface area contributed by atoms with Crippen LogP contribution < -0.4 is 4.90 Å². The molecule has 21 heavy (non-hydrogen) atoms. The first kappa shape index (κ1) is 15.8. The van der Waals surface area contributed by atoms with E-state index in [-0.39, 0.29) is 23.8 Å². The Balaban J connectivity index is 1.92. The van der Waals surface area contributed by atoms with E-state index in [4.69, 9.17) is 4.52 Å². The summed E-state index contributed by atoms with van der Waals surface area (Å²) in [6, 6.07) is 0.835. The van der Waals surface area contributed by atoms with Crippen LogP contribution in [0.3, 0.4) is 0 Å². The van der Waals surface area contributed by atoms with Crippen LogP contribution in [0.5, 0.6) is 0 Å². The van der Waals surface area contributed by atoms with Crippen molar-refractivity contribution in [2.24, 2.45) is 5.92 Å². The molecule has 0 bridgehead atoms. The van der Waals surface area contributed by atoms with E-state index >= 15 is 0 Å². The van der Waals surface area contributed by atoms with Crippen molar-refractivity contribution < 1.29 is 9.32 Å². The molecule has 0 saturated carbocycles. The first-order valence-corrected chi connectivity index (χ1v) is 7.75. The third kappa shape index (κ3) is 3.54. The number of nitrogens with zero attached hydrogens (tertiary/aromatic N) is 4. The van der Waals surface area contributed by atoms with Crippen LogP contribution in [-0.4, -0.2) is 47.1 Å². The van der Waals surface area contributed by atoms with Gasteiger partial charge in [0.15, 0.2) is 5.82 Å². The maximum Gasteiger partial charge on any atom is 0.324 e. The summed E-state index contributed by atoms with van der Waals surface area (Å²) in [5, 5.41) is 3.99. The fraction of sp³-hybridized carbons (Fsp3) is 0.800. The van der Waals surface area contributed by atoms with Crippen molar-refractivity contribution in [1.82, 2.24) is 15.0 Å². The molecule has 1 aliphatic heterocycles. The topological polar surface area (TPSA) is 62.5 Å². The van der Waals surface area contributed by atoms with Crippen molar-refractivity contribution in [3.05, 3.63) is 5.82 Å². The smallest absolute Gasteiger partial charge is 0.324 e. The number of piperidine rings is 1. The second kappa shape index (κ2) is 6.45. The van der Waals surface area contributed by atoms with E-state index in [0.717, 1.165) is 31.8 Å². The average Bonchev–Trinajstić information content (AvgIpc) is 2.96. The number of anilines is 1. The highest BCUT2D eigenvalue weighted by Crippen LogP contribution is 2.24. The van der Waals surface area contributed by atoms with Gasteiger partial charge in [0.2, 0.25) is 5.91 Å². The molecule has 0 spiro atoms. The van der Waals surface area contributed by atoms with Crippen LogP contribution in [0.25, 0.3) is 0 Å². The maximum absolute atomic E-state index is 12.3. The standard InChI is InChI=1S/C15H26N4O2/c1-10(2)13-16-15(21-17-13)19-8-6-12(7-9-19)14(20)18(5)11(3)4/h10-12H,6-9H2,1-5H3. The first-order valence-electron chi connectivity index (χ1n) is 7.75. The number of rotatable bonds is 4. The van der Waals surface area contributed by atoms with Gasteiger partial charge in [-0.25, -0.2) is 0 Å². The van der Waals surface area contributed by atoms with Crippen LogP contribution in [0, 0.1) is 5.92 Å². The maximum atomic E-state index is 12.3. The molecule has 2 heterocycles. The Hall–Kier alpha value is -1.59. The molecule has 1 aromatic heterocycles. The van der Waals surface area contributed by atoms with E-state index in [9.17, 15) is 4.79 Å². The summed E-state index contributed by atoms with van der Waals surface area (Å²) in [5.41, 5.74) is 0. The predicted molar refractivity (Wildman–Crippen MR) is 81.2 cm³/mol. The van der Waals surface area contributed by atoms with E-state index in [1.54, 1.807) is 0 Å². The van der Waals surface area contributed by atoms with E-state index in [2.05, 4.69) is 15.0 Å². The molecule has 1 aliphatic rings. The van der Waals surface area contributed by atoms with Gasteiger partial charge < -0.3 is 14.3 Å². The number of aromatic nitrogens is 2. The Morgan fingerprint density at radius 2 is 1.90 bits per heavy atom. The average molecular weight is 294 g/mol. The third-order valence-electron chi connectivity index (χ3n) is 4.18. The van der Waals surface area contributed by atoms with Crippen molar-refractivity contribution in [2.75, 3.05) is 25.0 Å². The quantitative estimate of drug-likeness (QED) is 0.852. The summed E-state index contributed by atoms with van der Waals surface area (Å²) < 4.78 is 5.32. The van der Waals surface area contributed by atoms with Gasteiger partial charge in [0.1, 0.15) is 0 Å². The molecule has 1 fully saturated rings. The van der Waals surface area contributed by atoms with Crippen molar-refractivity contribution in [1.29, 1.82) is 0 Å². The lowest BCUT2D eigenvalue weighted by molar-refractivity contribution is -0.136. The van der Waals surface area contributed by atoms with Gasteiger partial charge in [0.25, 0.3) is 0 Å². The second-order valence-corrected chi connectivity index (χ2v) is 6.39. The zero-order chi connectivity index (χ0) is 15.6. The molecular formula is C15H26N4O2. The molecule has 1 aromatic rings. The predicted octanol–water partition coefficient (Wildman–Crippen LogP) is 2.28. The molecular weight excluding hydrogens is 268 g/mol. The van der Waals surface area contributed by atoms with Crippen LogP contribution in [0.2, 0.25) is 0 Å². The van der Waals surface area contributed by atoms with Crippen LogP contribution in [0.1, 0.15) is 52.3 Å². The minimum absolute atomic E-state index is 0.112. The fourth-order valence-electron chi connectivity index (χ4n) is 2.45. The molecule has 1 saturated heterocycles. The van der Waals surface area contributed by atoms with E-state index in [0.29, 0.717) is 6.01 Å². The normalized spacial score (nSPS) is 16.8. The van der Waals surface area contributed by atoms with Crippen LogP contribution >= 0.6 is 0 Å². The minimum Gasteiger partial charge on any atom is -0.343 e. The molecule has 0 aromatic carbocycles. The lowest BCUT2D eigenvalue weighted by atomic mass is 9.95. The monoisotopic (exact) mass is 294 g/mol. The lowest BCUT2D eigenvalue weighted by Gasteiger charge is -2.33. The molecule has 118 valence electrons. The Morgan fingerprint density at radius 1 is 1.29 bits per heavy atom. The largest absolute Gasteiger partial charge is 0.343 e. The summed E-state index contributed by atoms with van der Waals surface area (Å²) in [4.78, 5) is 20.7. The van der Waals surface area contributed by atoms with Crippen LogP contribution in [-0.2, 0) is 4.79 Å². The van der Waals surface area contributed by atoms with Crippen LogP contribution in [0.4, 0.5) is 6.01 Å². The zero-order valence-electron chi connectivity index (χ0n) is 13.7. The highest BCUT2D eigenvalue weighted by molar-refractivity contribution is 5.79. The first-order chi connectivity index (χ1) is 9.90. The molecule has 1 amide bonds. The summed E-state index contributed by atoms with van der Waals surface area (Å²) in [6.07, 6.45) is 1.69. The molecule has 0 N–H and O–H groups in total.